The maximum absolute atomic E-state index is 15.7. The number of benzene rings is 1. The highest BCUT2D eigenvalue weighted by atomic mass is 19.3. The number of amides is 1. The van der Waals surface area contributed by atoms with Crippen LogP contribution in [-0.2, 0) is 13.0 Å². The smallest absolute Gasteiger partial charge is 0.275 e. The summed E-state index contributed by atoms with van der Waals surface area (Å²) in [5, 5.41) is 18.0. The van der Waals surface area contributed by atoms with Crippen molar-refractivity contribution in [1.82, 2.24) is 35.7 Å². The molecule has 254 valence electrons. The van der Waals surface area contributed by atoms with Gasteiger partial charge in [0.05, 0.1) is 30.5 Å². The van der Waals surface area contributed by atoms with Crippen LogP contribution < -0.4 is 20.9 Å². The molecule has 1 aromatic heterocycles. The molecular formula is C34H46F3N9O. The molecule has 3 atom stereocenters. The van der Waals surface area contributed by atoms with Gasteiger partial charge in [0.2, 0.25) is 0 Å². The zero-order chi connectivity index (χ0) is 32.8. The third-order valence-electron chi connectivity index (χ3n) is 11.1. The van der Waals surface area contributed by atoms with Crippen molar-refractivity contribution >= 4 is 23.1 Å². The van der Waals surface area contributed by atoms with Gasteiger partial charge >= 0.3 is 0 Å². The van der Waals surface area contributed by atoms with E-state index in [0.29, 0.717) is 49.4 Å². The third-order valence-corrected chi connectivity index (χ3v) is 11.1. The van der Waals surface area contributed by atoms with Crippen molar-refractivity contribution in [3.8, 4) is 0 Å². The summed E-state index contributed by atoms with van der Waals surface area (Å²) in [7, 11) is 1.71. The first-order valence-corrected chi connectivity index (χ1v) is 17.1. The molecule has 3 saturated heterocycles. The van der Waals surface area contributed by atoms with Gasteiger partial charge in [-0.3, -0.25) is 20.0 Å². The minimum Gasteiger partial charge on any atom is -0.385 e. The number of hydrogen-bond donors (Lipinski definition) is 5. The highest BCUT2D eigenvalue weighted by Gasteiger charge is 2.49. The van der Waals surface area contributed by atoms with Crippen LogP contribution in [0.4, 0.5) is 18.9 Å². The minimum absolute atomic E-state index is 0.221. The molecule has 5 N–H and O–H groups in total. The number of anilines is 1. The Kier molecular flexibility index (Phi) is 8.81. The second kappa shape index (κ2) is 12.9. The van der Waals surface area contributed by atoms with Crippen molar-refractivity contribution in [1.29, 1.82) is 5.41 Å². The molecule has 10 nitrogen and oxygen atoms in total. The minimum atomic E-state index is -2.77. The number of carbonyl (C=O) groups excluding carboxylic acids is 1. The van der Waals surface area contributed by atoms with E-state index in [9.17, 15) is 9.18 Å². The first-order chi connectivity index (χ1) is 22.6. The number of amidine groups is 1. The molecule has 4 aliphatic heterocycles. The summed E-state index contributed by atoms with van der Waals surface area (Å²) in [6.45, 7) is 5.10. The Balaban J connectivity index is 0.978. The quantitative estimate of drug-likeness (QED) is 0.219. The molecule has 4 fully saturated rings. The van der Waals surface area contributed by atoms with Crippen LogP contribution in [0.15, 0.2) is 30.5 Å². The lowest BCUT2D eigenvalue weighted by molar-refractivity contribution is -0.138. The molecule has 0 bridgehead atoms. The number of H-pyrrole nitrogens is 1. The first kappa shape index (κ1) is 32.1. The Labute approximate surface area is 274 Å². The van der Waals surface area contributed by atoms with E-state index in [2.05, 4.69) is 30.8 Å². The van der Waals surface area contributed by atoms with Crippen LogP contribution >= 0.6 is 0 Å². The molecule has 1 amide bonds. The van der Waals surface area contributed by atoms with Crippen molar-refractivity contribution < 1.29 is 18.0 Å². The number of aromatic nitrogens is 2. The SMILES string of the molecule is CN/C(=C/C(=N)N1CCc2c(CN3CCC(N4CCC5(CCNCC5)CC4)C(F)(F)C3)cccc21)c1ncc(C(=O)NC2CC2F)[nH]1. The summed E-state index contributed by atoms with van der Waals surface area (Å²) >= 11 is 0. The lowest BCUT2D eigenvalue weighted by atomic mass is 9.71. The van der Waals surface area contributed by atoms with Crippen LogP contribution in [0.2, 0.25) is 0 Å². The molecule has 1 spiro atoms. The van der Waals surface area contributed by atoms with E-state index >= 15 is 8.78 Å². The maximum Gasteiger partial charge on any atom is 0.275 e. The highest BCUT2D eigenvalue weighted by molar-refractivity contribution is 6.08. The molecule has 1 aromatic carbocycles. The van der Waals surface area contributed by atoms with E-state index in [-0.39, 0.29) is 18.1 Å². The van der Waals surface area contributed by atoms with Gasteiger partial charge < -0.3 is 25.8 Å². The molecule has 2 aromatic rings. The number of piperidine rings is 3. The largest absolute Gasteiger partial charge is 0.385 e. The van der Waals surface area contributed by atoms with Crippen molar-refractivity contribution in [2.75, 3.05) is 57.8 Å². The topological polar surface area (TPSA) is 115 Å². The molecule has 5 heterocycles. The number of likely N-dealkylation sites (tertiary alicyclic amines) is 2. The molecule has 5 aliphatic rings. The predicted octanol–water partition coefficient (Wildman–Crippen LogP) is 3.53. The number of rotatable bonds is 8. The Bertz CT molecular complexity index is 1510. The zero-order valence-electron chi connectivity index (χ0n) is 27.1. The number of aromatic amines is 1. The Hall–Kier alpha value is -3.42. The van der Waals surface area contributed by atoms with Crippen LogP contribution in [-0.4, -0.2) is 109 Å². The van der Waals surface area contributed by atoms with Gasteiger partial charge in [0, 0.05) is 44.9 Å². The molecule has 7 rings (SSSR count). The van der Waals surface area contributed by atoms with Crippen molar-refractivity contribution in [2.45, 2.75) is 75.7 Å². The second-order valence-corrected chi connectivity index (χ2v) is 14.0. The number of halogens is 3. The number of fused-ring (bicyclic) bond motifs is 1. The van der Waals surface area contributed by atoms with Gasteiger partial charge in [0.25, 0.3) is 11.8 Å². The van der Waals surface area contributed by atoms with Gasteiger partial charge in [-0.15, -0.1) is 0 Å². The summed E-state index contributed by atoms with van der Waals surface area (Å²) in [4.78, 5) is 25.5. The van der Waals surface area contributed by atoms with E-state index in [1.807, 2.05) is 28.0 Å². The lowest BCUT2D eigenvalue weighted by Crippen LogP contribution is -2.60. The van der Waals surface area contributed by atoms with Crippen LogP contribution in [0.5, 0.6) is 0 Å². The predicted molar refractivity (Wildman–Crippen MR) is 176 cm³/mol. The van der Waals surface area contributed by atoms with Gasteiger partial charge in [-0.05, 0) is 87.3 Å². The summed E-state index contributed by atoms with van der Waals surface area (Å²) in [6, 6.07) is 4.80. The maximum atomic E-state index is 15.7. The molecule has 3 unspecified atom stereocenters. The van der Waals surface area contributed by atoms with Crippen LogP contribution in [0.25, 0.3) is 5.70 Å². The van der Waals surface area contributed by atoms with Crippen molar-refractivity contribution in [3.63, 3.8) is 0 Å². The number of alkyl halides is 3. The molecular weight excluding hydrogens is 607 g/mol. The Morgan fingerprint density at radius 3 is 2.62 bits per heavy atom. The van der Waals surface area contributed by atoms with Gasteiger partial charge in [0.1, 0.15) is 17.7 Å². The van der Waals surface area contributed by atoms with Crippen molar-refractivity contribution in [2.24, 2.45) is 5.41 Å². The van der Waals surface area contributed by atoms with E-state index in [1.54, 1.807) is 13.1 Å². The van der Waals surface area contributed by atoms with Gasteiger partial charge in [-0.2, -0.15) is 0 Å². The fourth-order valence-corrected chi connectivity index (χ4v) is 8.10. The average molecular weight is 654 g/mol. The summed E-state index contributed by atoms with van der Waals surface area (Å²) < 4.78 is 44.6. The summed E-state index contributed by atoms with van der Waals surface area (Å²) in [5.74, 6) is -2.55. The summed E-state index contributed by atoms with van der Waals surface area (Å²) in [6.07, 6.45) is 7.95. The van der Waals surface area contributed by atoms with Gasteiger partial charge in [-0.1, -0.05) is 12.1 Å². The second-order valence-electron chi connectivity index (χ2n) is 14.0. The van der Waals surface area contributed by atoms with E-state index < -0.39 is 30.1 Å². The van der Waals surface area contributed by atoms with E-state index in [1.165, 1.54) is 6.20 Å². The zero-order valence-corrected chi connectivity index (χ0v) is 27.1. The number of nitrogens with one attached hydrogen (secondary N) is 5. The molecule has 1 aliphatic carbocycles. The average Bonchev–Trinajstić information content (AvgIpc) is 3.41. The van der Waals surface area contributed by atoms with Crippen molar-refractivity contribution in [3.05, 3.63) is 53.1 Å². The van der Waals surface area contributed by atoms with Crippen LogP contribution in [0.3, 0.4) is 0 Å². The normalized spacial score (nSPS) is 27.4. The number of nitrogens with zero attached hydrogens (tertiary/aromatic N) is 4. The third kappa shape index (κ3) is 6.66. The fraction of sp³-hybridized carbons (Fsp3) is 0.618. The van der Waals surface area contributed by atoms with E-state index in [0.717, 1.165) is 75.1 Å². The monoisotopic (exact) mass is 653 g/mol. The van der Waals surface area contributed by atoms with Gasteiger partial charge in [0.15, 0.2) is 5.82 Å². The van der Waals surface area contributed by atoms with Crippen LogP contribution in [0.1, 0.15) is 66.0 Å². The molecule has 1 saturated carbocycles. The van der Waals surface area contributed by atoms with E-state index in [4.69, 9.17) is 5.41 Å². The molecule has 47 heavy (non-hydrogen) atoms. The Morgan fingerprint density at radius 2 is 1.91 bits per heavy atom. The number of imidazole rings is 1. The standard InChI is InChI=1S/C34H46F3N9O/c1-39-26(31-41-19-27(42-31)32(47)43-25-17-24(25)35)18-30(38)46-14-5-23-22(3-2-4-28(23)46)20-44-13-6-29(34(36,37)21-44)45-15-9-33(10-16-45)7-11-40-12-8-33/h2-4,18-19,24-25,29,38-40H,5-17,20-21H2,1H3,(H,41,42)(H,43,47)/b26-18+,38-30?. The first-order valence-electron chi connectivity index (χ1n) is 17.1. The van der Waals surface area contributed by atoms with Crippen LogP contribution in [0, 0.1) is 10.8 Å². The number of hydrogen-bond acceptors (Lipinski definition) is 7. The summed E-state index contributed by atoms with van der Waals surface area (Å²) in [5.41, 5.74) is 4.12. The fourth-order valence-electron chi connectivity index (χ4n) is 8.10. The molecule has 13 heteroatoms. The number of carbonyl (C=O) groups is 1. The molecule has 0 radical (unpaired) electrons. The lowest BCUT2D eigenvalue weighted by Gasteiger charge is -2.50. The Morgan fingerprint density at radius 1 is 1.15 bits per heavy atom. The van der Waals surface area contributed by atoms with Gasteiger partial charge in [-0.25, -0.2) is 18.2 Å². The highest BCUT2D eigenvalue weighted by Crippen LogP contribution is 2.42.